The van der Waals surface area contributed by atoms with Gasteiger partial charge >= 0.3 is 17.9 Å². The van der Waals surface area contributed by atoms with E-state index in [0.29, 0.717) is 25.8 Å². The zero-order valence-electron chi connectivity index (χ0n) is 19.9. The number of aliphatic carboxylic acids is 3. The Balaban J connectivity index is 5.88. The molecule has 0 amide bonds. The second-order valence-electron chi connectivity index (χ2n) is 8.72. The van der Waals surface area contributed by atoms with Crippen LogP contribution in [-0.4, -0.2) is 63.9 Å². The van der Waals surface area contributed by atoms with Crippen molar-refractivity contribution in [1.82, 2.24) is 0 Å². The van der Waals surface area contributed by atoms with Crippen LogP contribution in [0.2, 0.25) is 0 Å². The molecule has 0 spiro atoms. The Bertz CT molecular complexity index is 515. The molecule has 3 N–H and O–H groups in total. The predicted octanol–water partition coefficient (Wildman–Crippen LogP) is 4.66. The van der Waals surface area contributed by atoms with Crippen molar-refractivity contribution in [2.45, 2.75) is 79.1 Å². The Morgan fingerprint density at radius 3 is 1.42 bits per heavy atom. The largest absolute Gasteiger partial charge is 0.481 e. The first-order valence-electron chi connectivity index (χ1n) is 11.8. The number of allylic oxidation sites excluding steroid dienone is 1. The number of quaternary nitrogens is 1. The normalized spacial score (nSPS) is 16.5. The van der Waals surface area contributed by atoms with Crippen LogP contribution in [0.25, 0.3) is 0 Å². The number of unbranched alkanes of at least 4 members (excludes halogenated alkanes) is 4. The fourth-order valence-corrected chi connectivity index (χ4v) is 4.10. The fourth-order valence-electron chi connectivity index (χ4n) is 4.10. The van der Waals surface area contributed by atoms with Gasteiger partial charge in [-0.3, -0.25) is 14.4 Å². The molecule has 0 fully saturated rings. The molecule has 0 rings (SSSR count). The summed E-state index contributed by atoms with van der Waals surface area (Å²) in [6.07, 6.45) is 10.9. The van der Waals surface area contributed by atoms with Gasteiger partial charge in [0.05, 0.1) is 26.2 Å². The fraction of sp³-hybridized carbons (Fsp3) is 0.792. The smallest absolute Gasteiger partial charge is 0.312 e. The van der Waals surface area contributed by atoms with E-state index < -0.39 is 35.7 Å². The van der Waals surface area contributed by atoms with Crippen molar-refractivity contribution in [3.63, 3.8) is 0 Å². The summed E-state index contributed by atoms with van der Waals surface area (Å²) in [4.78, 5) is 35.4. The van der Waals surface area contributed by atoms with E-state index in [9.17, 15) is 29.7 Å². The van der Waals surface area contributed by atoms with Gasteiger partial charge in [0.25, 0.3) is 0 Å². The maximum Gasteiger partial charge on any atom is 0.312 e. The average molecular weight is 443 g/mol. The first-order chi connectivity index (χ1) is 14.7. The lowest BCUT2D eigenvalue weighted by Gasteiger charge is -2.42. The van der Waals surface area contributed by atoms with Crippen molar-refractivity contribution in [3.05, 3.63) is 12.2 Å². The number of rotatable bonds is 19. The van der Waals surface area contributed by atoms with E-state index in [2.05, 4.69) is 13.0 Å². The van der Waals surface area contributed by atoms with Gasteiger partial charge in [0.1, 0.15) is 17.8 Å². The van der Waals surface area contributed by atoms with Crippen LogP contribution in [0.3, 0.4) is 0 Å². The molecule has 7 nitrogen and oxygen atoms in total. The van der Waals surface area contributed by atoms with Crippen LogP contribution in [-0.2, 0) is 14.4 Å². The summed E-state index contributed by atoms with van der Waals surface area (Å²) in [5, 5.41) is 29.0. The van der Waals surface area contributed by atoms with Crippen LogP contribution in [0.15, 0.2) is 12.2 Å². The van der Waals surface area contributed by atoms with Crippen molar-refractivity contribution in [3.8, 4) is 0 Å². The minimum Gasteiger partial charge on any atom is -0.481 e. The van der Waals surface area contributed by atoms with Gasteiger partial charge in [-0.2, -0.15) is 0 Å². The Kier molecular flexibility index (Phi) is 14.9. The van der Waals surface area contributed by atoms with E-state index in [-0.39, 0.29) is 24.1 Å². The number of carbonyl (C=O) groups is 3. The number of carboxylic acids is 3. The molecule has 180 valence electrons. The Morgan fingerprint density at radius 1 is 0.677 bits per heavy atom. The van der Waals surface area contributed by atoms with Crippen LogP contribution >= 0.6 is 0 Å². The summed E-state index contributed by atoms with van der Waals surface area (Å²) in [7, 11) is 0. The molecular weight excluding hydrogens is 398 g/mol. The van der Waals surface area contributed by atoms with E-state index in [1.807, 2.05) is 6.08 Å². The molecule has 0 heterocycles. The molecule has 0 bridgehead atoms. The monoisotopic (exact) mass is 442 g/mol. The van der Waals surface area contributed by atoms with Gasteiger partial charge < -0.3 is 19.8 Å². The molecule has 0 aromatic rings. The minimum absolute atomic E-state index is 0.173. The molecule has 0 radical (unpaired) electrons. The number of hydrogen-bond donors (Lipinski definition) is 3. The van der Waals surface area contributed by atoms with E-state index in [1.54, 1.807) is 20.8 Å². The molecule has 0 aliphatic heterocycles. The average Bonchev–Trinajstić information content (AvgIpc) is 2.72. The van der Waals surface area contributed by atoms with Crippen molar-refractivity contribution in [2.75, 3.05) is 26.2 Å². The lowest BCUT2D eigenvalue weighted by molar-refractivity contribution is -0.929. The maximum atomic E-state index is 11.8. The molecule has 0 aliphatic carbocycles. The lowest BCUT2D eigenvalue weighted by atomic mass is 9.96. The first-order valence-corrected chi connectivity index (χ1v) is 11.8. The van der Waals surface area contributed by atoms with Gasteiger partial charge in [0, 0.05) is 0 Å². The highest BCUT2D eigenvalue weighted by molar-refractivity contribution is 5.71. The molecule has 0 saturated heterocycles. The zero-order valence-corrected chi connectivity index (χ0v) is 19.9. The number of hydrogen-bond acceptors (Lipinski definition) is 3. The highest BCUT2D eigenvalue weighted by atomic mass is 16.4. The van der Waals surface area contributed by atoms with Gasteiger partial charge in [0.2, 0.25) is 0 Å². The van der Waals surface area contributed by atoms with Gasteiger partial charge in [-0.15, -0.1) is 0 Å². The van der Waals surface area contributed by atoms with Gasteiger partial charge in [0.15, 0.2) is 0 Å². The van der Waals surface area contributed by atoms with Crippen LogP contribution in [0.4, 0.5) is 0 Å². The van der Waals surface area contributed by atoms with E-state index in [1.165, 1.54) is 12.8 Å². The molecule has 0 aliphatic rings. The molecular formula is C24H44NO6+. The quantitative estimate of drug-likeness (QED) is 0.152. The van der Waals surface area contributed by atoms with Gasteiger partial charge in [-0.05, 0) is 38.2 Å². The zero-order chi connectivity index (χ0) is 23.9. The molecule has 0 saturated carbocycles. The van der Waals surface area contributed by atoms with Crippen molar-refractivity contribution in [2.24, 2.45) is 17.8 Å². The van der Waals surface area contributed by atoms with E-state index in [0.717, 1.165) is 19.3 Å². The van der Waals surface area contributed by atoms with E-state index >= 15 is 0 Å². The Labute approximate surface area is 187 Å². The van der Waals surface area contributed by atoms with Crippen LogP contribution in [0, 0.1) is 17.8 Å². The molecule has 0 aromatic carbocycles. The summed E-state index contributed by atoms with van der Waals surface area (Å²) in [5.74, 6) is -4.68. The SMILES string of the molecule is CCCCCC/C=C/C[N+](CC(CC)C(=O)O)(CC(CC)C(=O)O)CC(CC)C(=O)O. The molecule has 0 aromatic heterocycles. The summed E-state index contributed by atoms with van der Waals surface area (Å²) >= 11 is 0. The summed E-state index contributed by atoms with van der Waals surface area (Å²) in [5.41, 5.74) is 0. The van der Waals surface area contributed by atoms with Gasteiger partial charge in [-0.1, -0.05) is 53.0 Å². The number of nitrogens with zero attached hydrogens (tertiary/aromatic N) is 1. The highest BCUT2D eigenvalue weighted by Crippen LogP contribution is 2.24. The Morgan fingerprint density at radius 2 is 1.10 bits per heavy atom. The molecule has 3 unspecified atom stereocenters. The Hall–Kier alpha value is -1.89. The lowest BCUT2D eigenvalue weighted by Crippen LogP contribution is -2.58. The van der Waals surface area contributed by atoms with Crippen LogP contribution in [0.1, 0.15) is 79.1 Å². The summed E-state index contributed by atoms with van der Waals surface area (Å²) in [6.45, 7) is 8.73. The third-order valence-corrected chi connectivity index (χ3v) is 6.23. The summed E-state index contributed by atoms with van der Waals surface area (Å²) in [6, 6.07) is 0. The predicted molar refractivity (Wildman–Crippen MR) is 122 cm³/mol. The van der Waals surface area contributed by atoms with E-state index in [4.69, 9.17) is 0 Å². The first kappa shape index (κ1) is 29.1. The summed E-state index contributed by atoms with van der Waals surface area (Å²) < 4.78 is 0.173. The van der Waals surface area contributed by atoms with Crippen molar-refractivity contribution >= 4 is 17.9 Å². The second kappa shape index (κ2) is 15.8. The number of carboxylic acid groups (broad SMARTS) is 3. The van der Waals surface area contributed by atoms with Crippen molar-refractivity contribution < 1.29 is 34.2 Å². The van der Waals surface area contributed by atoms with Crippen LogP contribution < -0.4 is 0 Å². The molecule has 7 heteroatoms. The molecule has 31 heavy (non-hydrogen) atoms. The third-order valence-electron chi connectivity index (χ3n) is 6.23. The standard InChI is InChI=1S/C24H43NO6/c1-5-9-10-11-12-13-14-15-25(16-19(6-2)22(26)27,17-20(7-3)23(28)29)18-21(8-4)24(30)31/h13-14,19-21H,5-12,15-18H2,1-4H3,(H2-,26,27,28,29,30,31)/p+1/b14-13+. The second-order valence-corrected chi connectivity index (χ2v) is 8.72. The highest BCUT2D eigenvalue weighted by Gasteiger charge is 2.39. The van der Waals surface area contributed by atoms with Crippen LogP contribution in [0.5, 0.6) is 0 Å². The molecule has 3 atom stereocenters. The third kappa shape index (κ3) is 11.3. The maximum absolute atomic E-state index is 11.8. The minimum atomic E-state index is -0.916. The topological polar surface area (TPSA) is 112 Å². The van der Waals surface area contributed by atoms with Crippen molar-refractivity contribution in [1.29, 1.82) is 0 Å². The van der Waals surface area contributed by atoms with Gasteiger partial charge in [-0.25, -0.2) is 0 Å².